The Morgan fingerprint density at radius 1 is 1.18 bits per heavy atom. The zero-order valence-corrected chi connectivity index (χ0v) is 23.0. The van der Waals surface area contributed by atoms with Crippen molar-refractivity contribution in [1.29, 1.82) is 0 Å². The maximum Gasteiger partial charge on any atom is 0.416 e. The number of aliphatic hydroxyl groups is 1. The van der Waals surface area contributed by atoms with E-state index in [0.717, 1.165) is 42.5 Å². The van der Waals surface area contributed by atoms with Crippen molar-refractivity contribution >= 4 is 5.97 Å². The van der Waals surface area contributed by atoms with Crippen LogP contribution >= 0.6 is 0 Å². The normalized spacial score (nSPS) is 31.3. The molecule has 1 aromatic heterocycles. The van der Waals surface area contributed by atoms with Crippen LogP contribution in [0.3, 0.4) is 0 Å². The summed E-state index contributed by atoms with van der Waals surface area (Å²) in [7, 11) is 0. The van der Waals surface area contributed by atoms with Gasteiger partial charge in [-0.25, -0.2) is 0 Å². The van der Waals surface area contributed by atoms with Crippen LogP contribution in [0.25, 0.3) is 0 Å². The van der Waals surface area contributed by atoms with Gasteiger partial charge in [-0.2, -0.15) is 13.2 Å². The summed E-state index contributed by atoms with van der Waals surface area (Å²) in [5, 5.41) is 11.6. The number of allylic oxidation sites excluding steroid dienone is 3. The Hall–Kier alpha value is -2.19. The Morgan fingerprint density at radius 2 is 1.84 bits per heavy atom. The highest BCUT2D eigenvalue weighted by molar-refractivity contribution is 5.67. The number of halogens is 3. The summed E-state index contributed by atoms with van der Waals surface area (Å²) in [6.07, 6.45) is 1.74. The van der Waals surface area contributed by atoms with Crippen LogP contribution in [0, 0.1) is 10.8 Å². The maximum atomic E-state index is 13.4. The third-order valence-corrected chi connectivity index (χ3v) is 8.98. The van der Waals surface area contributed by atoms with E-state index in [1.54, 1.807) is 6.08 Å². The van der Waals surface area contributed by atoms with Gasteiger partial charge in [0, 0.05) is 34.6 Å². The van der Waals surface area contributed by atoms with Crippen LogP contribution in [0.1, 0.15) is 132 Å². The highest BCUT2D eigenvalue weighted by atomic mass is 19.4. The molecule has 0 amide bonds. The number of pyridine rings is 1. The number of rotatable bonds is 3. The maximum absolute atomic E-state index is 13.4. The van der Waals surface area contributed by atoms with Gasteiger partial charge in [-0.05, 0) is 37.2 Å². The summed E-state index contributed by atoms with van der Waals surface area (Å²) in [5.74, 6) is -0.426. The highest BCUT2D eigenvalue weighted by Gasteiger charge is 2.57. The van der Waals surface area contributed by atoms with Gasteiger partial charge in [0.2, 0.25) is 0 Å². The van der Waals surface area contributed by atoms with Crippen molar-refractivity contribution in [1.82, 2.24) is 4.98 Å². The third kappa shape index (κ3) is 4.23. The molecular formula is C30H38F3NO4. The van der Waals surface area contributed by atoms with Gasteiger partial charge in [0.25, 0.3) is 0 Å². The van der Waals surface area contributed by atoms with E-state index < -0.39 is 52.5 Å². The van der Waals surface area contributed by atoms with Gasteiger partial charge in [-0.15, -0.1) is 0 Å². The molecule has 4 aliphatic rings. The molecule has 5 nitrogen and oxygen atoms in total. The number of nitrogens with zero attached hydrogens (tertiary/aromatic N) is 1. The van der Waals surface area contributed by atoms with Crippen molar-refractivity contribution in [3.8, 4) is 0 Å². The molecule has 0 saturated heterocycles. The first kappa shape index (κ1) is 27.4. The number of hydrogen-bond acceptors (Lipinski definition) is 5. The van der Waals surface area contributed by atoms with Crippen LogP contribution in [-0.4, -0.2) is 22.2 Å². The summed E-state index contributed by atoms with van der Waals surface area (Å²) in [6, 6.07) is 0. The molecule has 0 bridgehead atoms. The summed E-state index contributed by atoms with van der Waals surface area (Å²) in [5.41, 5.74) is 1.37. The van der Waals surface area contributed by atoms with Gasteiger partial charge in [0.05, 0.1) is 29.1 Å². The lowest BCUT2D eigenvalue weighted by Gasteiger charge is -2.43. The van der Waals surface area contributed by atoms with Gasteiger partial charge in [-0.1, -0.05) is 65.7 Å². The summed E-state index contributed by atoms with van der Waals surface area (Å²) in [4.78, 5) is 17.3. The number of carbonyl (C=O) groups excluding carboxylic acids is 1. The molecule has 1 aromatic rings. The summed E-state index contributed by atoms with van der Waals surface area (Å²) >= 11 is 0. The Kier molecular flexibility index (Phi) is 6.42. The second-order valence-electron chi connectivity index (χ2n) is 12.8. The lowest BCUT2D eigenvalue weighted by atomic mass is 9.67. The van der Waals surface area contributed by atoms with Crippen LogP contribution in [0.4, 0.5) is 13.2 Å². The second-order valence-corrected chi connectivity index (χ2v) is 12.8. The van der Waals surface area contributed by atoms with Crippen molar-refractivity contribution in [2.75, 3.05) is 0 Å². The molecule has 0 radical (unpaired) electrons. The molecule has 38 heavy (non-hydrogen) atoms. The van der Waals surface area contributed by atoms with Crippen molar-refractivity contribution in [3.05, 3.63) is 51.9 Å². The van der Waals surface area contributed by atoms with Crippen LogP contribution in [0.2, 0.25) is 0 Å². The molecule has 0 aromatic carbocycles. The first-order valence-electron chi connectivity index (χ1n) is 13.7. The molecule has 5 rings (SSSR count). The van der Waals surface area contributed by atoms with Gasteiger partial charge in [0.15, 0.2) is 0 Å². The minimum atomic E-state index is -4.40. The topological polar surface area (TPSA) is 68.7 Å². The predicted molar refractivity (Wildman–Crippen MR) is 136 cm³/mol. The number of esters is 1. The van der Waals surface area contributed by atoms with Crippen molar-refractivity contribution in [2.24, 2.45) is 10.8 Å². The standard InChI is InChI=1S/C30H38F3NO4/c1-16(2)23-21-22(20-19(36)15-27(4,5)26(24(20)34-23)37-17(3)35)29(11-7-8-12-29)38-25(21)28(6)13-9-18(10-14-28)30(31,32)33/h9-10,13,16,19,25-26,36H,7-8,11-12,14-15H2,1-6H3/t19-,25-,26-,28?/m0/s1. The van der Waals surface area contributed by atoms with Gasteiger partial charge in [0.1, 0.15) is 6.10 Å². The van der Waals surface area contributed by atoms with Crippen molar-refractivity contribution in [2.45, 2.75) is 116 Å². The average Bonchev–Trinajstić information content (AvgIpc) is 3.41. The van der Waals surface area contributed by atoms with Crippen LogP contribution in [-0.2, 0) is 19.9 Å². The Labute approximate surface area is 222 Å². The van der Waals surface area contributed by atoms with Gasteiger partial charge < -0.3 is 14.6 Å². The minimum Gasteiger partial charge on any atom is -0.455 e. The number of alkyl halides is 3. The van der Waals surface area contributed by atoms with Gasteiger partial charge >= 0.3 is 12.1 Å². The van der Waals surface area contributed by atoms with Crippen molar-refractivity contribution in [3.63, 3.8) is 0 Å². The number of aromatic nitrogens is 1. The molecule has 3 aliphatic carbocycles. The monoisotopic (exact) mass is 533 g/mol. The van der Waals surface area contributed by atoms with E-state index in [1.807, 2.05) is 34.6 Å². The number of fused-ring (bicyclic) bond motifs is 4. The molecule has 4 atom stereocenters. The molecule has 1 fully saturated rings. The molecule has 208 valence electrons. The first-order chi connectivity index (χ1) is 17.6. The third-order valence-electron chi connectivity index (χ3n) is 8.98. The fourth-order valence-corrected chi connectivity index (χ4v) is 7.12. The molecule has 1 spiro atoms. The SMILES string of the molecule is CC(=O)O[C@H]1c2nc(C(C)C)c3c(c2[C@@H](O)CC1(C)C)C1(CCCC1)O[C@@H]3C1(C)C=CC(C(F)(F)F)=CC1. The zero-order valence-electron chi connectivity index (χ0n) is 23.0. The van der Waals surface area contributed by atoms with Crippen molar-refractivity contribution < 1.29 is 32.5 Å². The first-order valence-corrected chi connectivity index (χ1v) is 13.7. The van der Waals surface area contributed by atoms with E-state index in [-0.39, 0.29) is 12.3 Å². The Morgan fingerprint density at radius 3 is 2.37 bits per heavy atom. The predicted octanol–water partition coefficient (Wildman–Crippen LogP) is 7.57. The number of carbonyl (C=O) groups is 1. The second kappa shape index (κ2) is 8.91. The molecular weight excluding hydrogens is 495 g/mol. The fraction of sp³-hybridized carbons (Fsp3) is 0.667. The van der Waals surface area contributed by atoms with E-state index in [1.165, 1.54) is 19.1 Å². The lowest BCUT2D eigenvalue weighted by molar-refractivity contribution is -0.157. The number of aliphatic hydroxyl groups excluding tert-OH is 1. The highest BCUT2D eigenvalue weighted by Crippen LogP contribution is 2.64. The Bertz CT molecular complexity index is 1210. The van der Waals surface area contributed by atoms with E-state index in [4.69, 9.17) is 14.5 Å². The lowest BCUT2D eigenvalue weighted by Crippen LogP contribution is -2.37. The molecule has 8 heteroatoms. The van der Waals surface area contributed by atoms with E-state index in [9.17, 15) is 23.1 Å². The van der Waals surface area contributed by atoms with Gasteiger partial charge in [-0.3, -0.25) is 9.78 Å². The van der Waals surface area contributed by atoms with Crippen LogP contribution in [0.5, 0.6) is 0 Å². The van der Waals surface area contributed by atoms with Crippen LogP contribution < -0.4 is 0 Å². The number of hydrogen-bond donors (Lipinski definition) is 1. The average molecular weight is 534 g/mol. The zero-order chi connectivity index (χ0) is 27.8. The molecule has 2 heterocycles. The van der Waals surface area contributed by atoms with E-state index >= 15 is 0 Å². The molecule has 1 saturated carbocycles. The molecule has 1 unspecified atom stereocenters. The summed E-state index contributed by atoms with van der Waals surface area (Å²) < 4.78 is 53.1. The molecule has 1 aliphatic heterocycles. The van der Waals surface area contributed by atoms with E-state index in [0.29, 0.717) is 17.7 Å². The fourth-order valence-electron chi connectivity index (χ4n) is 7.12. The quantitative estimate of drug-likeness (QED) is 0.406. The number of ether oxygens (including phenoxy) is 2. The smallest absolute Gasteiger partial charge is 0.416 e. The largest absolute Gasteiger partial charge is 0.455 e. The van der Waals surface area contributed by atoms with E-state index in [2.05, 4.69) is 0 Å². The van der Waals surface area contributed by atoms with Crippen LogP contribution in [0.15, 0.2) is 23.8 Å². The minimum absolute atomic E-state index is 0.0192. The molecule has 1 N–H and O–H groups in total. The Balaban J connectivity index is 1.75. The summed E-state index contributed by atoms with van der Waals surface area (Å²) in [6.45, 7) is 11.4.